The van der Waals surface area contributed by atoms with Gasteiger partial charge in [-0.25, -0.2) is 0 Å². The standard InChI is InChI=1S/C15H16ClN3O4/c1-9-17-13(23-18-9)8-22-12-6-19(7-12)15(21)14(20)10-2-4-11(16)5-3-10/h2-5,12,14,20H,6-8H2,1H3. The van der Waals surface area contributed by atoms with E-state index in [1.54, 1.807) is 36.1 Å². The van der Waals surface area contributed by atoms with Gasteiger partial charge in [0.15, 0.2) is 11.9 Å². The highest BCUT2D eigenvalue weighted by atomic mass is 35.5. The molecule has 0 radical (unpaired) electrons. The van der Waals surface area contributed by atoms with Crippen molar-refractivity contribution >= 4 is 17.5 Å². The molecule has 0 saturated carbocycles. The van der Waals surface area contributed by atoms with Gasteiger partial charge in [0.25, 0.3) is 11.8 Å². The number of carbonyl (C=O) groups is 1. The van der Waals surface area contributed by atoms with Crippen molar-refractivity contribution in [3.8, 4) is 0 Å². The first-order valence-corrected chi connectivity index (χ1v) is 7.54. The van der Waals surface area contributed by atoms with E-state index in [9.17, 15) is 9.90 Å². The van der Waals surface area contributed by atoms with Crippen molar-refractivity contribution in [3.63, 3.8) is 0 Å². The SMILES string of the molecule is Cc1noc(COC2CN(C(=O)C(O)c3ccc(Cl)cc3)C2)n1. The number of hydrogen-bond acceptors (Lipinski definition) is 6. The minimum absolute atomic E-state index is 0.0939. The van der Waals surface area contributed by atoms with Crippen LogP contribution in [0.25, 0.3) is 0 Å². The van der Waals surface area contributed by atoms with Gasteiger partial charge < -0.3 is 19.3 Å². The van der Waals surface area contributed by atoms with Crippen LogP contribution in [0.3, 0.4) is 0 Å². The van der Waals surface area contributed by atoms with Crippen LogP contribution in [0.5, 0.6) is 0 Å². The fourth-order valence-corrected chi connectivity index (χ4v) is 2.40. The van der Waals surface area contributed by atoms with Crippen LogP contribution in [-0.4, -0.2) is 45.2 Å². The largest absolute Gasteiger partial charge is 0.378 e. The van der Waals surface area contributed by atoms with Gasteiger partial charge in [-0.15, -0.1) is 0 Å². The molecule has 3 rings (SSSR count). The van der Waals surface area contributed by atoms with E-state index >= 15 is 0 Å². The summed E-state index contributed by atoms with van der Waals surface area (Å²) in [6.45, 7) is 2.80. The highest BCUT2D eigenvalue weighted by Crippen LogP contribution is 2.22. The first kappa shape index (κ1) is 15.9. The number of ether oxygens (including phenoxy) is 1. The van der Waals surface area contributed by atoms with E-state index < -0.39 is 6.10 Å². The van der Waals surface area contributed by atoms with Crippen LogP contribution in [0.15, 0.2) is 28.8 Å². The van der Waals surface area contributed by atoms with Crippen molar-refractivity contribution in [3.05, 3.63) is 46.6 Å². The Morgan fingerprint density at radius 3 is 2.78 bits per heavy atom. The van der Waals surface area contributed by atoms with Crippen molar-refractivity contribution in [2.45, 2.75) is 25.7 Å². The molecule has 0 bridgehead atoms. The van der Waals surface area contributed by atoms with Crippen molar-refractivity contribution in [2.75, 3.05) is 13.1 Å². The first-order valence-electron chi connectivity index (χ1n) is 7.16. The third kappa shape index (κ3) is 3.69. The molecule has 1 N–H and O–H groups in total. The fourth-order valence-electron chi connectivity index (χ4n) is 2.27. The zero-order chi connectivity index (χ0) is 16.4. The summed E-state index contributed by atoms with van der Waals surface area (Å²) < 4.78 is 10.5. The minimum atomic E-state index is -1.19. The average Bonchev–Trinajstić information content (AvgIpc) is 2.91. The zero-order valence-corrected chi connectivity index (χ0v) is 13.2. The van der Waals surface area contributed by atoms with Crippen LogP contribution in [0.2, 0.25) is 5.02 Å². The number of nitrogens with zero attached hydrogens (tertiary/aromatic N) is 3. The summed E-state index contributed by atoms with van der Waals surface area (Å²) >= 11 is 5.79. The summed E-state index contributed by atoms with van der Waals surface area (Å²) in [7, 11) is 0. The van der Waals surface area contributed by atoms with E-state index in [1.807, 2.05) is 0 Å². The molecule has 122 valence electrons. The molecular weight excluding hydrogens is 322 g/mol. The van der Waals surface area contributed by atoms with Crippen LogP contribution in [-0.2, 0) is 16.1 Å². The molecule has 23 heavy (non-hydrogen) atoms. The topological polar surface area (TPSA) is 88.7 Å². The Kier molecular flexibility index (Phi) is 4.61. The molecule has 1 aliphatic heterocycles. The molecule has 8 heteroatoms. The van der Waals surface area contributed by atoms with Gasteiger partial charge in [-0.2, -0.15) is 4.98 Å². The number of hydrogen-bond donors (Lipinski definition) is 1. The molecule has 1 aromatic carbocycles. The van der Waals surface area contributed by atoms with E-state index in [0.717, 1.165) is 0 Å². The number of benzene rings is 1. The molecule has 7 nitrogen and oxygen atoms in total. The first-order chi connectivity index (χ1) is 11.0. The number of rotatable bonds is 5. The Morgan fingerprint density at radius 2 is 2.17 bits per heavy atom. The smallest absolute Gasteiger partial charge is 0.256 e. The molecule has 1 saturated heterocycles. The quantitative estimate of drug-likeness (QED) is 0.889. The Balaban J connectivity index is 1.46. The maximum absolute atomic E-state index is 12.2. The molecule has 1 amide bonds. The van der Waals surface area contributed by atoms with Crippen LogP contribution >= 0.6 is 11.6 Å². The highest BCUT2D eigenvalue weighted by Gasteiger charge is 2.35. The van der Waals surface area contributed by atoms with Gasteiger partial charge in [-0.05, 0) is 24.6 Å². The Labute approximate surface area is 137 Å². The summed E-state index contributed by atoms with van der Waals surface area (Å²) in [6.07, 6.45) is -1.28. The van der Waals surface area contributed by atoms with Crippen molar-refractivity contribution < 1.29 is 19.2 Å². The van der Waals surface area contributed by atoms with Crippen LogP contribution in [0.1, 0.15) is 23.4 Å². The van der Waals surface area contributed by atoms with E-state index in [-0.39, 0.29) is 18.6 Å². The molecule has 2 aromatic rings. The van der Waals surface area contributed by atoms with Crippen molar-refractivity contribution in [1.82, 2.24) is 15.0 Å². The molecular formula is C15H16ClN3O4. The fraction of sp³-hybridized carbons (Fsp3) is 0.400. The molecule has 0 spiro atoms. The molecule has 2 heterocycles. The summed E-state index contributed by atoms with van der Waals surface area (Å²) in [5.41, 5.74) is 0.519. The zero-order valence-electron chi connectivity index (χ0n) is 12.5. The number of amides is 1. The van der Waals surface area contributed by atoms with Gasteiger partial charge in [-0.1, -0.05) is 28.9 Å². The highest BCUT2D eigenvalue weighted by molar-refractivity contribution is 6.30. The maximum atomic E-state index is 12.2. The van der Waals surface area contributed by atoms with Gasteiger partial charge >= 0.3 is 0 Å². The lowest BCUT2D eigenvalue weighted by Gasteiger charge is -2.39. The number of likely N-dealkylation sites (tertiary alicyclic amines) is 1. The average molecular weight is 338 g/mol. The summed E-state index contributed by atoms with van der Waals surface area (Å²) in [5, 5.41) is 14.3. The lowest BCUT2D eigenvalue weighted by molar-refractivity contribution is -0.155. The molecule has 1 unspecified atom stereocenters. The molecule has 1 aromatic heterocycles. The third-order valence-corrected chi connectivity index (χ3v) is 3.84. The van der Waals surface area contributed by atoms with Gasteiger partial charge in [0, 0.05) is 18.1 Å². The predicted octanol–water partition coefficient (Wildman–Crippen LogP) is 1.49. The van der Waals surface area contributed by atoms with Gasteiger partial charge in [0.1, 0.15) is 6.61 Å². The number of aromatic nitrogens is 2. The third-order valence-electron chi connectivity index (χ3n) is 3.59. The van der Waals surface area contributed by atoms with Gasteiger partial charge in [0.2, 0.25) is 0 Å². The predicted molar refractivity (Wildman–Crippen MR) is 80.6 cm³/mol. The number of halogens is 1. The molecule has 0 aliphatic carbocycles. The molecule has 1 fully saturated rings. The van der Waals surface area contributed by atoms with Crippen LogP contribution in [0, 0.1) is 6.92 Å². The van der Waals surface area contributed by atoms with Gasteiger partial charge in [0.05, 0.1) is 6.10 Å². The summed E-state index contributed by atoms with van der Waals surface area (Å²) in [4.78, 5) is 17.8. The molecule has 1 aliphatic rings. The monoisotopic (exact) mass is 337 g/mol. The lowest BCUT2D eigenvalue weighted by Crippen LogP contribution is -2.55. The van der Waals surface area contributed by atoms with Crippen LogP contribution in [0.4, 0.5) is 0 Å². The van der Waals surface area contributed by atoms with E-state index in [0.29, 0.717) is 35.4 Å². The van der Waals surface area contributed by atoms with E-state index in [1.165, 1.54) is 0 Å². The Morgan fingerprint density at radius 1 is 1.48 bits per heavy atom. The normalized spacial score (nSPS) is 16.2. The summed E-state index contributed by atoms with van der Waals surface area (Å²) in [5.74, 6) is 0.620. The van der Waals surface area contributed by atoms with Gasteiger partial charge in [-0.3, -0.25) is 4.79 Å². The number of carbonyl (C=O) groups excluding carboxylic acids is 1. The van der Waals surface area contributed by atoms with Crippen molar-refractivity contribution in [2.24, 2.45) is 0 Å². The summed E-state index contributed by atoms with van der Waals surface area (Å²) in [6, 6.07) is 6.55. The second-order valence-electron chi connectivity index (χ2n) is 5.37. The Hall–Kier alpha value is -1.96. The number of aliphatic hydroxyl groups is 1. The molecule has 1 atom stereocenters. The number of aryl methyl sites for hydroxylation is 1. The second kappa shape index (κ2) is 6.66. The lowest BCUT2D eigenvalue weighted by atomic mass is 10.1. The van der Waals surface area contributed by atoms with Crippen molar-refractivity contribution in [1.29, 1.82) is 0 Å². The number of aliphatic hydroxyl groups excluding tert-OH is 1. The Bertz CT molecular complexity index is 682. The van der Waals surface area contributed by atoms with E-state index in [4.69, 9.17) is 20.9 Å². The minimum Gasteiger partial charge on any atom is -0.378 e. The maximum Gasteiger partial charge on any atom is 0.256 e. The van der Waals surface area contributed by atoms with Crippen LogP contribution < -0.4 is 0 Å². The van der Waals surface area contributed by atoms with E-state index in [2.05, 4.69) is 10.1 Å². The second-order valence-corrected chi connectivity index (χ2v) is 5.80.